The van der Waals surface area contributed by atoms with E-state index in [4.69, 9.17) is 4.74 Å². The van der Waals surface area contributed by atoms with Crippen LogP contribution in [-0.4, -0.2) is 0 Å². The topological polar surface area (TPSA) is 9.23 Å². The van der Waals surface area contributed by atoms with Gasteiger partial charge in [-0.15, -0.1) is 0 Å². The van der Waals surface area contributed by atoms with Gasteiger partial charge in [0.05, 0.1) is 13.2 Å². The van der Waals surface area contributed by atoms with Crippen molar-refractivity contribution in [2.24, 2.45) is 0 Å². The summed E-state index contributed by atoms with van der Waals surface area (Å²) >= 11 is 0. The fraction of sp³-hybridized carbons (Fsp3) is 0.625. The van der Waals surface area contributed by atoms with Gasteiger partial charge in [-0.3, -0.25) is 0 Å². The van der Waals surface area contributed by atoms with Crippen LogP contribution >= 0.6 is 0 Å². The van der Waals surface area contributed by atoms with Crippen molar-refractivity contribution in [1.82, 2.24) is 0 Å². The smallest absolute Gasteiger partial charge is 0.0721 e. The maximum Gasteiger partial charge on any atom is 0.0721 e. The third-order valence-corrected chi connectivity index (χ3v) is 6.72. The van der Waals surface area contributed by atoms with Crippen LogP contribution in [0.5, 0.6) is 0 Å². The van der Waals surface area contributed by atoms with E-state index in [0.717, 1.165) is 0 Å². The van der Waals surface area contributed by atoms with Crippen molar-refractivity contribution in [2.45, 2.75) is 130 Å². The summed E-state index contributed by atoms with van der Waals surface area (Å²) in [6, 6.07) is 18.1. The van der Waals surface area contributed by atoms with Gasteiger partial charge >= 0.3 is 0 Å². The molecule has 0 aliphatic rings. The molecular formula is C32H50O. The third-order valence-electron chi connectivity index (χ3n) is 6.72. The van der Waals surface area contributed by atoms with Gasteiger partial charge in [-0.2, -0.15) is 0 Å². The van der Waals surface area contributed by atoms with Gasteiger partial charge in [0.25, 0.3) is 0 Å². The minimum atomic E-state index is 0.692. The Hall–Kier alpha value is -1.60. The number of aryl methyl sites for hydroxylation is 2. The van der Waals surface area contributed by atoms with Crippen LogP contribution < -0.4 is 0 Å². The molecule has 0 saturated carbocycles. The van der Waals surface area contributed by atoms with Crippen LogP contribution in [-0.2, 0) is 30.8 Å². The molecule has 2 aromatic rings. The second kappa shape index (κ2) is 18.8. The zero-order valence-corrected chi connectivity index (χ0v) is 21.8. The first-order valence-corrected chi connectivity index (χ1v) is 14.0. The number of benzene rings is 2. The molecule has 0 N–H and O–H groups in total. The minimum absolute atomic E-state index is 0.692. The lowest BCUT2D eigenvalue weighted by molar-refractivity contribution is 0.107. The largest absolute Gasteiger partial charge is 0.372 e. The van der Waals surface area contributed by atoms with E-state index in [1.807, 2.05) is 0 Å². The molecule has 0 aliphatic carbocycles. The van der Waals surface area contributed by atoms with Gasteiger partial charge in [-0.25, -0.2) is 0 Å². The normalized spacial score (nSPS) is 11.2. The van der Waals surface area contributed by atoms with Crippen molar-refractivity contribution in [3.63, 3.8) is 0 Å². The van der Waals surface area contributed by atoms with Crippen LogP contribution in [0.15, 0.2) is 48.5 Å². The highest BCUT2D eigenvalue weighted by Gasteiger charge is 2.00. The lowest BCUT2D eigenvalue weighted by atomic mass is 10.0. The van der Waals surface area contributed by atoms with Gasteiger partial charge < -0.3 is 4.74 Å². The Balaban J connectivity index is 1.54. The number of unbranched alkanes of at least 4 members (excludes halogenated alkanes) is 12. The fourth-order valence-corrected chi connectivity index (χ4v) is 4.46. The fourth-order valence-electron chi connectivity index (χ4n) is 4.46. The average Bonchev–Trinajstić information content (AvgIpc) is 2.85. The third kappa shape index (κ3) is 13.6. The van der Waals surface area contributed by atoms with Crippen molar-refractivity contribution in [1.29, 1.82) is 0 Å². The Morgan fingerprint density at radius 1 is 0.394 bits per heavy atom. The summed E-state index contributed by atoms with van der Waals surface area (Å²) in [5.41, 5.74) is 5.47. The van der Waals surface area contributed by atoms with E-state index in [-0.39, 0.29) is 0 Å². The van der Waals surface area contributed by atoms with E-state index in [2.05, 4.69) is 62.4 Å². The summed E-state index contributed by atoms with van der Waals surface area (Å²) in [6.45, 7) is 5.95. The van der Waals surface area contributed by atoms with Crippen LogP contribution in [0.3, 0.4) is 0 Å². The quantitative estimate of drug-likeness (QED) is 0.182. The lowest BCUT2D eigenvalue weighted by Crippen LogP contribution is -1.95. The SMILES string of the molecule is CCCCCCCCCc1ccc(COCc2ccc(CCCCCCCCC)cc2)cc1. The second-order valence-corrected chi connectivity index (χ2v) is 9.87. The molecule has 0 saturated heterocycles. The molecule has 0 amide bonds. The molecule has 1 heteroatoms. The van der Waals surface area contributed by atoms with Crippen LogP contribution in [0.4, 0.5) is 0 Å². The van der Waals surface area contributed by atoms with E-state index in [1.165, 1.54) is 125 Å². The van der Waals surface area contributed by atoms with E-state index in [9.17, 15) is 0 Å². The summed E-state index contributed by atoms with van der Waals surface area (Å²) in [6.07, 6.45) is 21.7. The Bertz CT molecular complexity index is 624. The Labute approximate surface area is 205 Å². The van der Waals surface area contributed by atoms with Crippen molar-refractivity contribution >= 4 is 0 Å². The monoisotopic (exact) mass is 450 g/mol. The van der Waals surface area contributed by atoms with Crippen LogP contribution in [0.25, 0.3) is 0 Å². The van der Waals surface area contributed by atoms with Gasteiger partial charge in [0, 0.05) is 0 Å². The first kappa shape index (κ1) is 27.6. The molecule has 0 aliphatic heterocycles. The van der Waals surface area contributed by atoms with Crippen LogP contribution in [0.1, 0.15) is 126 Å². The first-order valence-electron chi connectivity index (χ1n) is 14.0. The molecule has 0 heterocycles. The first-order chi connectivity index (χ1) is 16.3. The van der Waals surface area contributed by atoms with Crippen molar-refractivity contribution in [2.75, 3.05) is 0 Å². The number of hydrogen-bond acceptors (Lipinski definition) is 1. The zero-order valence-electron chi connectivity index (χ0n) is 21.8. The Kier molecular flexibility index (Phi) is 15.7. The molecule has 2 rings (SSSR count). The maximum atomic E-state index is 5.98. The highest BCUT2D eigenvalue weighted by molar-refractivity contribution is 5.23. The maximum absolute atomic E-state index is 5.98. The standard InChI is InChI=1S/C32H50O/c1-3-5-7-9-11-13-15-17-29-19-23-31(24-20-29)27-33-28-32-25-21-30(22-26-32)18-16-14-12-10-8-6-4-2/h19-26H,3-18,27-28H2,1-2H3. The van der Waals surface area contributed by atoms with Gasteiger partial charge in [0.2, 0.25) is 0 Å². The van der Waals surface area contributed by atoms with E-state index in [0.29, 0.717) is 13.2 Å². The Morgan fingerprint density at radius 3 is 1.06 bits per heavy atom. The second-order valence-electron chi connectivity index (χ2n) is 9.87. The summed E-state index contributed by atoms with van der Waals surface area (Å²) in [5.74, 6) is 0. The minimum Gasteiger partial charge on any atom is -0.372 e. The molecule has 184 valence electrons. The molecule has 0 bridgehead atoms. The van der Waals surface area contributed by atoms with Crippen molar-refractivity contribution in [3.8, 4) is 0 Å². The van der Waals surface area contributed by atoms with Gasteiger partial charge in [-0.1, -0.05) is 139 Å². The summed E-state index contributed by atoms with van der Waals surface area (Å²) in [7, 11) is 0. The summed E-state index contributed by atoms with van der Waals surface area (Å²) < 4.78 is 5.98. The molecule has 0 aromatic heterocycles. The predicted octanol–water partition coefficient (Wildman–Crippen LogP) is 9.99. The molecule has 0 unspecified atom stereocenters. The number of rotatable bonds is 20. The number of ether oxygens (including phenoxy) is 1. The molecular weight excluding hydrogens is 400 g/mol. The molecule has 0 fully saturated rings. The molecule has 0 atom stereocenters. The van der Waals surface area contributed by atoms with Crippen molar-refractivity contribution in [3.05, 3.63) is 70.8 Å². The average molecular weight is 451 g/mol. The number of hydrogen-bond donors (Lipinski definition) is 0. The molecule has 0 radical (unpaired) electrons. The van der Waals surface area contributed by atoms with Crippen molar-refractivity contribution < 1.29 is 4.74 Å². The van der Waals surface area contributed by atoms with E-state index < -0.39 is 0 Å². The van der Waals surface area contributed by atoms with E-state index in [1.54, 1.807) is 0 Å². The zero-order chi connectivity index (χ0) is 23.4. The van der Waals surface area contributed by atoms with Crippen LogP contribution in [0, 0.1) is 0 Å². The molecule has 2 aromatic carbocycles. The van der Waals surface area contributed by atoms with Gasteiger partial charge in [-0.05, 0) is 47.9 Å². The highest BCUT2D eigenvalue weighted by Crippen LogP contribution is 2.14. The lowest BCUT2D eigenvalue weighted by Gasteiger charge is -2.08. The summed E-state index contributed by atoms with van der Waals surface area (Å²) in [5, 5.41) is 0. The predicted molar refractivity (Wildman–Crippen MR) is 145 cm³/mol. The Morgan fingerprint density at radius 2 is 0.697 bits per heavy atom. The van der Waals surface area contributed by atoms with E-state index >= 15 is 0 Å². The van der Waals surface area contributed by atoms with Gasteiger partial charge in [0.1, 0.15) is 0 Å². The molecule has 33 heavy (non-hydrogen) atoms. The summed E-state index contributed by atoms with van der Waals surface area (Å²) in [4.78, 5) is 0. The van der Waals surface area contributed by atoms with Crippen LogP contribution in [0.2, 0.25) is 0 Å². The molecule has 0 spiro atoms. The van der Waals surface area contributed by atoms with Gasteiger partial charge in [0.15, 0.2) is 0 Å². The highest BCUT2D eigenvalue weighted by atomic mass is 16.5. The molecule has 1 nitrogen and oxygen atoms in total.